The largest absolute Gasteiger partial charge is 0.278 e. The van der Waals surface area contributed by atoms with Gasteiger partial charge in [-0.15, -0.1) is 0 Å². The molecule has 0 bridgehead atoms. The summed E-state index contributed by atoms with van der Waals surface area (Å²) in [6.07, 6.45) is 7.38. The van der Waals surface area contributed by atoms with Gasteiger partial charge in [0.1, 0.15) is 16.1 Å². The lowest BCUT2D eigenvalue weighted by atomic mass is 10.1. The Morgan fingerprint density at radius 1 is 0.408 bits per heavy atom. The van der Waals surface area contributed by atoms with Gasteiger partial charge < -0.3 is 0 Å². The van der Waals surface area contributed by atoms with Gasteiger partial charge in [0.15, 0.2) is 0 Å². The molecule has 0 spiro atoms. The Kier molecular flexibility index (Phi) is 7.66. The third-order valence-electron chi connectivity index (χ3n) is 10.1. The normalized spacial score (nSPS) is 12.1. The molecule has 0 aliphatic heterocycles. The van der Waals surface area contributed by atoms with E-state index in [4.69, 9.17) is 9.97 Å². The Hall–Kier alpha value is -5.51. The zero-order chi connectivity index (χ0) is 33.6. The first-order chi connectivity index (χ1) is 23.8. The molecule has 0 amide bonds. The van der Waals surface area contributed by atoms with Crippen LogP contribution in [0.5, 0.6) is 0 Å². The summed E-state index contributed by atoms with van der Waals surface area (Å²) >= 11 is 0. The molecule has 0 atom stereocenters. The third-order valence-corrected chi connectivity index (χ3v) is 17.1. The van der Waals surface area contributed by atoms with Crippen LogP contribution in [0.4, 0.5) is 0 Å². The number of pyridine rings is 2. The first kappa shape index (κ1) is 30.8. The van der Waals surface area contributed by atoms with E-state index in [-0.39, 0.29) is 0 Å². The SMILES string of the molecule is C[Si](C)(c1cccc(-c2ccccn2)c1)c1ccc2c3ccc([Si](C)(C)c4cccc(-c5ccccn5)c4)cc3n(-c3ncccn3)c2c1. The van der Waals surface area contributed by atoms with Gasteiger partial charge in [-0.25, -0.2) is 9.97 Å². The van der Waals surface area contributed by atoms with Crippen LogP contribution >= 0.6 is 0 Å². The predicted molar refractivity (Wildman–Crippen MR) is 209 cm³/mol. The maximum absolute atomic E-state index is 4.77. The van der Waals surface area contributed by atoms with Crippen molar-refractivity contribution in [3.05, 3.63) is 152 Å². The van der Waals surface area contributed by atoms with Crippen LogP contribution < -0.4 is 20.7 Å². The van der Waals surface area contributed by atoms with Gasteiger partial charge in [0.25, 0.3) is 0 Å². The van der Waals surface area contributed by atoms with Gasteiger partial charge in [-0.1, -0.05) is 132 Å². The van der Waals surface area contributed by atoms with Crippen molar-refractivity contribution in [3.63, 3.8) is 0 Å². The molecule has 49 heavy (non-hydrogen) atoms. The van der Waals surface area contributed by atoms with Gasteiger partial charge in [0.05, 0.1) is 22.4 Å². The molecular weight excluding hydrogens is 631 g/mol. The molecule has 4 heterocycles. The van der Waals surface area contributed by atoms with E-state index in [1.807, 2.05) is 55.1 Å². The highest BCUT2D eigenvalue weighted by molar-refractivity contribution is 7.01. The quantitative estimate of drug-likeness (QED) is 0.167. The Morgan fingerprint density at radius 3 is 1.31 bits per heavy atom. The van der Waals surface area contributed by atoms with Crippen molar-refractivity contribution >= 4 is 58.7 Å². The number of hydrogen-bond acceptors (Lipinski definition) is 4. The molecule has 7 heteroatoms. The molecule has 0 saturated heterocycles. The fourth-order valence-electron chi connectivity index (χ4n) is 6.95. The van der Waals surface area contributed by atoms with Crippen LogP contribution in [-0.4, -0.2) is 40.7 Å². The van der Waals surface area contributed by atoms with Crippen molar-refractivity contribution in [2.24, 2.45) is 0 Å². The molecule has 5 nitrogen and oxygen atoms in total. The topological polar surface area (TPSA) is 56.5 Å². The Labute approximate surface area is 289 Å². The molecule has 0 saturated carbocycles. The second-order valence-corrected chi connectivity index (χ2v) is 22.5. The summed E-state index contributed by atoms with van der Waals surface area (Å²) in [5, 5.41) is 7.88. The highest BCUT2D eigenvalue weighted by Gasteiger charge is 2.30. The summed E-state index contributed by atoms with van der Waals surface area (Å²) in [4.78, 5) is 18.8. The maximum atomic E-state index is 4.77. The molecule has 0 aliphatic carbocycles. The third kappa shape index (κ3) is 5.51. The number of hydrogen-bond donors (Lipinski definition) is 0. The first-order valence-electron chi connectivity index (χ1n) is 16.7. The van der Waals surface area contributed by atoms with Crippen molar-refractivity contribution < 1.29 is 0 Å². The van der Waals surface area contributed by atoms with Crippen LogP contribution in [-0.2, 0) is 0 Å². The molecule has 8 rings (SSSR count). The van der Waals surface area contributed by atoms with Crippen molar-refractivity contribution in [1.82, 2.24) is 24.5 Å². The Morgan fingerprint density at radius 2 is 0.857 bits per heavy atom. The molecule has 8 aromatic rings. The zero-order valence-electron chi connectivity index (χ0n) is 28.2. The smallest absolute Gasteiger partial charge is 0.234 e. The van der Waals surface area contributed by atoms with Crippen LogP contribution in [0.1, 0.15) is 0 Å². The summed E-state index contributed by atoms with van der Waals surface area (Å²) in [7, 11) is -4.22. The molecule has 0 unspecified atom stereocenters. The van der Waals surface area contributed by atoms with Gasteiger partial charge >= 0.3 is 0 Å². The fraction of sp³-hybridized carbons (Fsp3) is 0.0952. The van der Waals surface area contributed by atoms with E-state index in [0.717, 1.165) is 33.5 Å². The number of rotatable bonds is 7. The van der Waals surface area contributed by atoms with E-state index in [9.17, 15) is 0 Å². The number of aromatic nitrogens is 5. The van der Waals surface area contributed by atoms with Crippen molar-refractivity contribution in [2.45, 2.75) is 26.2 Å². The lowest BCUT2D eigenvalue weighted by molar-refractivity contribution is 0.989. The monoisotopic (exact) mass is 667 g/mol. The summed E-state index contributed by atoms with van der Waals surface area (Å²) in [5.74, 6) is 0.685. The van der Waals surface area contributed by atoms with Crippen molar-refractivity contribution in [1.29, 1.82) is 0 Å². The van der Waals surface area contributed by atoms with Gasteiger partial charge in [-0.05, 0) is 53.6 Å². The molecule has 0 aliphatic rings. The van der Waals surface area contributed by atoms with Crippen LogP contribution in [0, 0.1) is 0 Å². The highest BCUT2D eigenvalue weighted by Crippen LogP contribution is 2.31. The van der Waals surface area contributed by atoms with Gasteiger partial charge in [-0.3, -0.25) is 14.5 Å². The molecule has 238 valence electrons. The minimum Gasteiger partial charge on any atom is -0.278 e. The van der Waals surface area contributed by atoms with Crippen LogP contribution in [0.15, 0.2) is 152 Å². The van der Waals surface area contributed by atoms with E-state index < -0.39 is 16.1 Å². The average Bonchev–Trinajstić information content (AvgIpc) is 3.49. The minimum absolute atomic E-state index is 0.685. The molecule has 4 aromatic carbocycles. The molecule has 0 fully saturated rings. The van der Waals surface area contributed by atoms with E-state index in [1.54, 1.807) is 0 Å². The maximum Gasteiger partial charge on any atom is 0.234 e. The van der Waals surface area contributed by atoms with Crippen LogP contribution in [0.3, 0.4) is 0 Å². The van der Waals surface area contributed by atoms with Crippen LogP contribution in [0.25, 0.3) is 50.3 Å². The van der Waals surface area contributed by atoms with Gasteiger partial charge in [0, 0.05) is 35.6 Å². The summed E-state index contributed by atoms with van der Waals surface area (Å²) < 4.78 is 2.27. The van der Waals surface area contributed by atoms with E-state index >= 15 is 0 Å². The molecule has 4 aromatic heterocycles. The first-order valence-corrected chi connectivity index (χ1v) is 22.7. The lowest BCUT2D eigenvalue weighted by Gasteiger charge is -2.25. The molecule has 0 radical (unpaired) electrons. The lowest BCUT2D eigenvalue weighted by Crippen LogP contribution is -2.52. The fourth-order valence-corrected chi connectivity index (χ4v) is 11.7. The standard InChI is InChI=1S/C42H37N5Si2/c1-48(2,32-14-9-12-30(26-32)38-16-5-7-22-43-38)34-18-20-36-37-21-19-35(29-41(37)47(40(36)28-34)42-45-24-11-25-46-42)49(3,4)33-15-10-13-31(27-33)39-17-6-8-23-44-39/h5-29H,1-4H3. The van der Waals surface area contributed by atoms with Gasteiger partial charge in [0.2, 0.25) is 5.95 Å². The summed E-state index contributed by atoms with van der Waals surface area (Å²) in [5.41, 5.74) is 6.56. The second-order valence-electron chi connectivity index (χ2n) is 13.7. The zero-order valence-corrected chi connectivity index (χ0v) is 30.2. The number of nitrogens with zero attached hydrogens (tertiary/aromatic N) is 5. The van der Waals surface area contributed by atoms with E-state index in [2.05, 4.69) is 138 Å². The van der Waals surface area contributed by atoms with E-state index in [0.29, 0.717) is 5.95 Å². The van der Waals surface area contributed by atoms with Gasteiger partial charge in [-0.2, -0.15) is 0 Å². The average molecular weight is 668 g/mol. The second kappa shape index (κ2) is 12.2. The molecule has 0 N–H and O–H groups in total. The van der Waals surface area contributed by atoms with Crippen molar-refractivity contribution in [2.75, 3.05) is 0 Å². The number of benzene rings is 4. The summed E-state index contributed by atoms with van der Waals surface area (Å²) in [6, 6.07) is 46.0. The van der Waals surface area contributed by atoms with Crippen LogP contribution in [0.2, 0.25) is 26.2 Å². The molecular formula is C42H37N5Si2. The minimum atomic E-state index is -2.11. The summed E-state index contributed by atoms with van der Waals surface area (Å²) in [6.45, 7) is 9.73. The Bertz CT molecular complexity index is 2290. The van der Waals surface area contributed by atoms with E-state index in [1.165, 1.54) is 31.5 Å². The number of fused-ring (bicyclic) bond motifs is 3. The Balaban J connectivity index is 1.27. The highest BCUT2D eigenvalue weighted by atomic mass is 28.3. The van der Waals surface area contributed by atoms with Crippen molar-refractivity contribution in [3.8, 4) is 28.5 Å². The predicted octanol–water partition coefficient (Wildman–Crippen LogP) is 7.34.